The number of allylic oxidation sites excluding steroid dienone is 4. The fourth-order valence-electron chi connectivity index (χ4n) is 10.9. The smallest absolute Gasteiger partial charge is 0.333 e. The van der Waals surface area contributed by atoms with Gasteiger partial charge in [0.1, 0.15) is 0 Å². The molecule has 0 bridgehead atoms. The highest BCUT2D eigenvalue weighted by molar-refractivity contribution is 6.94. The van der Waals surface area contributed by atoms with Gasteiger partial charge in [-0.3, -0.25) is 0 Å². The lowest BCUT2D eigenvalue weighted by Gasteiger charge is -2.46. The normalized spacial score (nSPS) is 13.4. The van der Waals surface area contributed by atoms with E-state index in [0.29, 0.717) is 0 Å². The highest BCUT2D eigenvalue weighted by Crippen LogP contribution is 2.51. The van der Waals surface area contributed by atoms with Crippen LogP contribution in [0.1, 0.15) is 18.4 Å². The van der Waals surface area contributed by atoms with Crippen molar-refractivity contribution in [1.82, 2.24) is 0 Å². The van der Waals surface area contributed by atoms with Gasteiger partial charge in [-0.25, -0.2) is 0 Å². The molecule has 13 rings (SSSR count). The fraction of sp³-hybridized carbons (Fsp3) is 0.0312. The molecule has 2 aliphatic heterocycles. The molecule has 0 radical (unpaired) electrons. The van der Waals surface area contributed by atoms with Crippen LogP contribution in [0.2, 0.25) is 0 Å². The van der Waals surface area contributed by atoms with Gasteiger partial charge in [0.2, 0.25) is 0 Å². The van der Waals surface area contributed by atoms with Crippen LogP contribution in [-0.4, -0.2) is 6.85 Å². The summed E-state index contributed by atoms with van der Waals surface area (Å²) >= 11 is 0. The van der Waals surface area contributed by atoms with Gasteiger partial charge in [0.05, 0.1) is 5.69 Å². The third kappa shape index (κ3) is 6.76. The number of hydrogen-bond donors (Lipinski definition) is 0. The van der Waals surface area contributed by atoms with Gasteiger partial charge < -0.3 is 14.6 Å². The molecule has 1 aliphatic carbocycles. The van der Waals surface area contributed by atoms with Crippen molar-refractivity contribution >= 4 is 79.6 Å². The highest BCUT2D eigenvalue weighted by Gasteiger charge is 2.46. The lowest BCUT2D eigenvalue weighted by molar-refractivity contribution is 1.04. The van der Waals surface area contributed by atoms with Crippen LogP contribution in [0.15, 0.2) is 255 Å². The van der Waals surface area contributed by atoms with Crippen molar-refractivity contribution in [2.24, 2.45) is 0 Å². The average molecular weight is 868 g/mol. The minimum absolute atomic E-state index is 0.156. The van der Waals surface area contributed by atoms with Gasteiger partial charge in [-0.05, 0) is 141 Å². The SMILES string of the molecule is C1=CC(c2ccc3c(c2)N(c2ccc(-c4ccccc4)cc2)B2c4ccc(N(c5ccccc5)c5ccccc5)cc4N(c4ccc(-c5ccccc5)cc4)c4c2c-3cc2ccccc42)=CCC1. The molecule has 0 amide bonds. The first-order valence-corrected chi connectivity index (χ1v) is 23.8. The third-order valence-corrected chi connectivity index (χ3v) is 14.0. The first kappa shape index (κ1) is 39.7. The number of rotatable bonds is 8. The molecule has 2 heterocycles. The van der Waals surface area contributed by atoms with E-state index in [1.807, 2.05) is 0 Å². The monoisotopic (exact) mass is 867 g/mol. The molecule has 3 nitrogen and oxygen atoms in total. The molecule has 0 saturated heterocycles. The number of fused-ring (bicyclic) bond motifs is 6. The molecule has 10 aromatic rings. The first-order valence-electron chi connectivity index (χ1n) is 23.8. The van der Waals surface area contributed by atoms with E-state index in [1.165, 1.54) is 77.6 Å². The Balaban J connectivity index is 1.11. The predicted octanol–water partition coefficient (Wildman–Crippen LogP) is 16.1. The van der Waals surface area contributed by atoms with Crippen molar-refractivity contribution in [3.8, 4) is 33.4 Å². The maximum atomic E-state index is 2.64. The molecule has 0 spiro atoms. The molecular weight excluding hydrogens is 822 g/mol. The van der Waals surface area contributed by atoms with Crippen molar-refractivity contribution in [3.63, 3.8) is 0 Å². The zero-order chi connectivity index (χ0) is 45.0. The molecule has 0 atom stereocenters. The second-order valence-corrected chi connectivity index (χ2v) is 18.0. The van der Waals surface area contributed by atoms with E-state index in [1.54, 1.807) is 0 Å². The Hall–Kier alpha value is -8.60. The van der Waals surface area contributed by atoms with Gasteiger partial charge in [0.25, 0.3) is 0 Å². The molecule has 0 aromatic heterocycles. The molecule has 4 heteroatoms. The zero-order valence-corrected chi connectivity index (χ0v) is 37.6. The van der Waals surface area contributed by atoms with E-state index in [2.05, 4.69) is 269 Å². The van der Waals surface area contributed by atoms with Gasteiger partial charge >= 0.3 is 6.85 Å². The van der Waals surface area contributed by atoms with Crippen LogP contribution >= 0.6 is 0 Å². The Bertz CT molecular complexity index is 3510. The fourth-order valence-corrected chi connectivity index (χ4v) is 10.9. The van der Waals surface area contributed by atoms with Crippen LogP contribution in [0.3, 0.4) is 0 Å². The van der Waals surface area contributed by atoms with Gasteiger partial charge in [0.15, 0.2) is 0 Å². The molecular formula is C64H46BN3. The maximum Gasteiger partial charge on any atom is 0.333 e. The van der Waals surface area contributed by atoms with E-state index in [9.17, 15) is 0 Å². The maximum absolute atomic E-state index is 2.64. The summed E-state index contributed by atoms with van der Waals surface area (Å²) in [6, 6.07) is 87.2. The summed E-state index contributed by atoms with van der Waals surface area (Å²) in [6.45, 7) is -0.156. The Morgan fingerprint density at radius 2 is 0.985 bits per heavy atom. The highest BCUT2D eigenvalue weighted by atomic mass is 15.2. The van der Waals surface area contributed by atoms with Crippen LogP contribution in [0.5, 0.6) is 0 Å². The van der Waals surface area contributed by atoms with E-state index < -0.39 is 0 Å². The quantitative estimate of drug-likeness (QED) is 0.141. The van der Waals surface area contributed by atoms with Crippen LogP contribution in [-0.2, 0) is 0 Å². The summed E-state index contributed by atoms with van der Waals surface area (Å²) in [5.41, 5.74) is 21.5. The van der Waals surface area contributed by atoms with Crippen LogP contribution in [0.25, 0.3) is 49.7 Å². The topological polar surface area (TPSA) is 9.72 Å². The molecule has 68 heavy (non-hydrogen) atoms. The average Bonchev–Trinajstić information content (AvgIpc) is 3.42. The number of para-hydroxylation sites is 2. The van der Waals surface area contributed by atoms with Crippen molar-refractivity contribution in [2.75, 3.05) is 14.6 Å². The minimum Gasteiger partial charge on any atom is -0.376 e. The molecule has 0 fully saturated rings. The third-order valence-electron chi connectivity index (χ3n) is 14.0. The Labute approximate surface area is 398 Å². The van der Waals surface area contributed by atoms with Gasteiger partial charge in [-0.15, -0.1) is 0 Å². The Kier molecular flexibility index (Phi) is 9.75. The first-order chi connectivity index (χ1) is 33.7. The van der Waals surface area contributed by atoms with E-state index in [0.717, 1.165) is 47.0 Å². The van der Waals surface area contributed by atoms with Crippen molar-refractivity contribution < 1.29 is 0 Å². The standard InChI is InChI=1S/C64H46BN3/c1-6-18-45(19-7-1)48-30-35-54(36-31-48)67-62-44-56(66(52-25-12-4-13-26-52)53-27-14-5-15-28-53)39-41-60(62)65-63-59(42-51-24-16-17-29-57(51)64(63)67)58-40-34-50(47-22-10-3-11-23-47)43-61(58)68(65)55-37-32-49(33-38-55)46-20-8-2-9-21-46/h1-2,4-10,12-44H,3,11H2. The van der Waals surface area contributed by atoms with Gasteiger partial charge in [-0.1, -0.05) is 182 Å². The molecule has 0 N–H and O–H groups in total. The largest absolute Gasteiger partial charge is 0.376 e. The second-order valence-electron chi connectivity index (χ2n) is 18.0. The van der Waals surface area contributed by atoms with Gasteiger partial charge in [-0.2, -0.15) is 0 Å². The zero-order valence-electron chi connectivity index (χ0n) is 37.6. The Morgan fingerprint density at radius 1 is 0.412 bits per heavy atom. The molecule has 0 unspecified atom stereocenters. The number of hydrogen-bond acceptors (Lipinski definition) is 3. The molecule has 0 saturated carbocycles. The van der Waals surface area contributed by atoms with E-state index in [4.69, 9.17) is 0 Å². The molecule has 3 aliphatic rings. The predicted molar refractivity (Wildman–Crippen MR) is 290 cm³/mol. The minimum atomic E-state index is -0.156. The summed E-state index contributed by atoms with van der Waals surface area (Å²) in [5, 5.41) is 2.44. The van der Waals surface area contributed by atoms with Crippen LogP contribution in [0.4, 0.5) is 45.5 Å². The lowest BCUT2D eigenvalue weighted by atomic mass is 9.43. The summed E-state index contributed by atoms with van der Waals surface area (Å²) in [5.74, 6) is 0. The number of nitrogens with zero attached hydrogens (tertiary/aromatic N) is 3. The summed E-state index contributed by atoms with van der Waals surface area (Å²) in [6.07, 6.45) is 9.14. The van der Waals surface area contributed by atoms with Crippen LogP contribution in [0, 0.1) is 0 Å². The van der Waals surface area contributed by atoms with Crippen LogP contribution < -0.4 is 25.5 Å². The summed E-state index contributed by atoms with van der Waals surface area (Å²) in [7, 11) is 0. The van der Waals surface area contributed by atoms with E-state index >= 15 is 0 Å². The second kappa shape index (κ2) is 16.7. The molecule has 10 aromatic carbocycles. The molecule has 320 valence electrons. The lowest BCUT2D eigenvalue weighted by Crippen LogP contribution is -2.61. The number of anilines is 8. The van der Waals surface area contributed by atoms with Gasteiger partial charge in [0, 0.05) is 50.8 Å². The summed E-state index contributed by atoms with van der Waals surface area (Å²) in [4.78, 5) is 7.59. The summed E-state index contributed by atoms with van der Waals surface area (Å²) < 4.78 is 0. The Morgan fingerprint density at radius 3 is 1.62 bits per heavy atom. The van der Waals surface area contributed by atoms with Crippen molar-refractivity contribution in [2.45, 2.75) is 12.8 Å². The van der Waals surface area contributed by atoms with Crippen molar-refractivity contribution in [1.29, 1.82) is 0 Å². The number of benzene rings is 10. The van der Waals surface area contributed by atoms with E-state index in [-0.39, 0.29) is 6.85 Å². The van der Waals surface area contributed by atoms with Crippen molar-refractivity contribution in [3.05, 3.63) is 260 Å².